The van der Waals surface area contributed by atoms with Crippen LogP contribution in [0.1, 0.15) is 19.8 Å². The number of hydrogen-bond acceptors (Lipinski definition) is 3. The van der Waals surface area contributed by atoms with Crippen molar-refractivity contribution in [2.45, 2.75) is 25.8 Å². The molecule has 1 aromatic carbocycles. The van der Waals surface area contributed by atoms with Crippen LogP contribution in [0.5, 0.6) is 0 Å². The van der Waals surface area contributed by atoms with Crippen molar-refractivity contribution in [2.75, 3.05) is 11.9 Å². The van der Waals surface area contributed by atoms with E-state index in [0.29, 0.717) is 18.7 Å². The Labute approximate surface area is 128 Å². The van der Waals surface area contributed by atoms with Gasteiger partial charge in [0.1, 0.15) is 6.04 Å². The van der Waals surface area contributed by atoms with Crippen LogP contribution in [-0.4, -0.2) is 39.1 Å². The maximum Gasteiger partial charge on any atom is 0.247 e. The van der Waals surface area contributed by atoms with E-state index >= 15 is 0 Å². The number of rotatable bonds is 3. The highest BCUT2D eigenvalue weighted by atomic mass is 16.2. The van der Waals surface area contributed by atoms with Gasteiger partial charge in [-0.05, 0) is 37.1 Å². The van der Waals surface area contributed by atoms with Crippen molar-refractivity contribution in [3.8, 4) is 5.69 Å². The average molecular weight is 298 g/mol. The van der Waals surface area contributed by atoms with Crippen LogP contribution in [0.3, 0.4) is 0 Å². The molecular formula is C16H18N4O2. The summed E-state index contributed by atoms with van der Waals surface area (Å²) < 4.78 is 1.73. The van der Waals surface area contributed by atoms with Gasteiger partial charge in [0, 0.05) is 31.5 Å². The third-order valence-electron chi connectivity index (χ3n) is 3.84. The highest BCUT2D eigenvalue weighted by Crippen LogP contribution is 2.20. The highest BCUT2D eigenvalue weighted by Gasteiger charge is 2.32. The molecule has 6 nitrogen and oxygen atoms in total. The number of benzene rings is 1. The molecule has 1 aliphatic heterocycles. The molecule has 2 heterocycles. The van der Waals surface area contributed by atoms with Crippen molar-refractivity contribution in [1.29, 1.82) is 0 Å². The van der Waals surface area contributed by atoms with Crippen LogP contribution in [0.15, 0.2) is 42.7 Å². The van der Waals surface area contributed by atoms with Gasteiger partial charge in [-0.15, -0.1) is 0 Å². The lowest BCUT2D eigenvalue weighted by Crippen LogP contribution is -2.42. The molecule has 0 bridgehead atoms. The predicted octanol–water partition coefficient (Wildman–Crippen LogP) is 1.82. The molecule has 1 saturated heterocycles. The Kier molecular flexibility index (Phi) is 3.91. The Morgan fingerprint density at radius 2 is 2.18 bits per heavy atom. The van der Waals surface area contributed by atoms with Gasteiger partial charge in [-0.25, -0.2) is 4.68 Å². The molecule has 3 rings (SSSR count). The molecule has 22 heavy (non-hydrogen) atoms. The van der Waals surface area contributed by atoms with Crippen molar-refractivity contribution in [3.05, 3.63) is 42.7 Å². The number of aromatic nitrogens is 2. The standard InChI is InChI=1S/C16H18N4O2/c1-12(21)19-9-3-7-15(19)16(22)18-13-5-2-6-14(11-13)20-10-4-8-17-20/h2,4-6,8,10-11,15H,3,7,9H2,1H3,(H,18,22)/t15-/m1/s1. The zero-order valence-corrected chi connectivity index (χ0v) is 12.4. The monoisotopic (exact) mass is 298 g/mol. The molecule has 0 unspecified atom stereocenters. The first-order valence-electron chi connectivity index (χ1n) is 7.33. The van der Waals surface area contributed by atoms with E-state index in [0.717, 1.165) is 12.1 Å². The average Bonchev–Trinajstić information content (AvgIpc) is 3.19. The number of anilines is 1. The molecule has 1 fully saturated rings. The van der Waals surface area contributed by atoms with Crippen LogP contribution in [0.4, 0.5) is 5.69 Å². The number of hydrogen-bond donors (Lipinski definition) is 1. The molecule has 1 aromatic heterocycles. The summed E-state index contributed by atoms with van der Waals surface area (Å²) in [5.41, 5.74) is 1.58. The topological polar surface area (TPSA) is 67.2 Å². The fourth-order valence-electron chi connectivity index (χ4n) is 2.79. The summed E-state index contributed by atoms with van der Waals surface area (Å²) in [5.74, 6) is -0.187. The Morgan fingerprint density at radius 1 is 1.32 bits per heavy atom. The van der Waals surface area contributed by atoms with Gasteiger partial charge in [0.15, 0.2) is 0 Å². The van der Waals surface area contributed by atoms with Crippen LogP contribution >= 0.6 is 0 Å². The molecule has 6 heteroatoms. The Balaban J connectivity index is 1.74. The summed E-state index contributed by atoms with van der Waals surface area (Å²) >= 11 is 0. The molecule has 1 atom stereocenters. The van der Waals surface area contributed by atoms with Crippen LogP contribution in [0.25, 0.3) is 5.69 Å². The number of amides is 2. The number of nitrogens with zero attached hydrogens (tertiary/aromatic N) is 3. The number of carbonyl (C=O) groups excluding carboxylic acids is 2. The minimum atomic E-state index is -0.370. The van der Waals surface area contributed by atoms with E-state index < -0.39 is 0 Å². The fourth-order valence-corrected chi connectivity index (χ4v) is 2.79. The quantitative estimate of drug-likeness (QED) is 0.940. The van der Waals surface area contributed by atoms with Crippen molar-refractivity contribution >= 4 is 17.5 Å². The van der Waals surface area contributed by atoms with E-state index in [-0.39, 0.29) is 17.9 Å². The molecule has 0 saturated carbocycles. The summed E-state index contributed by atoms with van der Waals surface area (Å²) in [6.45, 7) is 2.16. The third kappa shape index (κ3) is 2.86. The number of carbonyl (C=O) groups is 2. The lowest BCUT2D eigenvalue weighted by Gasteiger charge is -2.22. The summed E-state index contributed by atoms with van der Waals surface area (Å²) in [6, 6.07) is 8.94. The lowest BCUT2D eigenvalue weighted by molar-refractivity contribution is -0.134. The van der Waals surface area contributed by atoms with Crippen molar-refractivity contribution < 1.29 is 9.59 Å². The second-order valence-electron chi connectivity index (χ2n) is 5.36. The van der Waals surface area contributed by atoms with Crippen LogP contribution < -0.4 is 5.32 Å². The van der Waals surface area contributed by atoms with E-state index in [9.17, 15) is 9.59 Å². The molecular weight excluding hydrogens is 280 g/mol. The fraction of sp³-hybridized carbons (Fsp3) is 0.312. The van der Waals surface area contributed by atoms with Gasteiger partial charge in [-0.1, -0.05) is 6.07 Å². The van der Waals surface area contributed by atoms with E-state index in [1.165, 1.54) is 6.92 Å². The number of nitrogens with one attached hydrogen (secondary N) is 1. The molecule has 0 aliphatic carbocycles. The molecule has 2 aromatic rings. The van der Waals surface area contributed by atoms with Crippen molar-refractivity contribution in [2.24, 2.45) is 0 Å². The predicted molar refractivity (Wildman–Crippen MR) is 82.6 cm³/mol. The molecule has 0 radical (unpaired) electrons. The largest absolute Gasteiger partial charge is 0.331 e. The van der Waals surface area contributed by atoms with Gasteiger partial charge in [0.2, 0.25) is 11.8 Å². The minimum Gasteiger partial charge on any atom is -0.331 e. The van der Waals surface area contributed by atoms with Gasteiger partial charge in [0.25, 0.3) is 0 Å². The van der Waals surface area contributed by atoms with E-state index in [2.05, 4.69) is 10.4 Å². The van der Waals surface area contributed by atoms with Gasteiger partial charge >= 0.3 is 0 Å². The SMILES string of the molecule is CC(=O)N1CCC[C@@H]1C(=O)Nc1cccc(-n2cccn2)c1. The Bertz CT molecular complexity index is 681. The van der Waals surface area contributed by atoms with Crippen molar-refractivity contribution in [3.63, 3.8) is 0 Å². The van der Waals surface area contributed by atoms with Crippen LogP contribution in [-0.2, 0) is 9.59 Å². The molecule has 1 aliphatic rings. The van der Waals surface area contributed by atoms with Crippen molar-refractivity contribution in [1.82, 2.24) is 14.7 Å². The zero-order valence-electron chi connectivity index (χ0n) is 12.4. The first kappa shape index (κ1) is 14.3. The van der Waals surface area contributed by atoms with Gasteiger partial charge in [-0.3, -0.25) is 9.59 Å². The van der Waals surface area contributed by atoms with Crippen LogP contribution in [0, 0.1) is 0 Å². The summed E-state index contributed by atoms with van der Waals surface area (Å²) in [6.07, 6.45) is 5.12. The maximum absolute atomic E-state index is 12.4. The normalized spacial score (nSPS) is 17.5. The summed E-state index contributed by atoms with van der Waals surface area (Å²) in [4.78, 5) is 25.6. The highest BCUT2D eigenvalue weighted by molar-refractivity contribution is 5.97. The molecule has 2 amide bonds. The third-order valence-corrected chi connectivity index (χ3v) is 3.84. The number of likely N-dealkylation sites (tertiary alicyclic amines) is 1. The van der Waals surface area contributed by atoms with E-state index in [1.807, 2.05) is 36.5 Å². The van der Waals surface area contributed by atoms with E-state index in [4.69, 9.17) is 0 Å². The van der Waals surface area contributed by atoms with E-state index in [1.54, 1.807) is 15.8 Å². The molecule has 0 spiro atoms. The lowest BCUT2D eigenvalue weighted by atomic mass is 10.2. The van der Waals surface area contributed by atoms with Gasteiger partial charge < -0.3 is 10.2 Å². The Morgan fingerprint density at radius 3 is 2.91 bits per heavy atom. The summed E-state index contributed by atoms with van der Waals surface area (Å²) in [7, 11) is 0. The first-order chi connectivity index (χ1) is 10.6. The van der Waals surface area contributed by atoms with Gasteiger partial charge in [0.05, 0.1) is 5.69 Å². The molecule has 1 N–H and O–H groups in total. The second kappa shape index (κ2) is 6.01. The van der Waals surface area contributed by atoms with Gasteiger partial charge in [-0.2, -0.15) is 5.10 Å². The minimum absolute atomic E-state index is 0.0528. The Hall–Kier alpha value is -2.63. The molecule has 114 valence electrons. The maximum atomic E-state index is 12.4. The summed E-state index contributed by atoms with van der Waals surface area (Å²) in [5, 5.41) is 7.07. The second-order valence-corrected chi connectivity index (χ2v) is 5.36. The first-order valence-corrected chi connectivity index (χ1v) is 7.33. The smallest absolute Gasteiger partial charge is 0.247 e. The van der Waals surface area contributed by atoms with Crippen LogP contribution in [0.2, 0.25) is 0 Å². The zero-order chi connectivity index (χ0) is 15.5.